The Morgan fingerprint density at radius 1 is 1.21 bits per heavy atom. The average molecular weight is 250 g/mol. The van der Waals surface area contributed by atoms with Crippen molar-refractivity contribution in [2.24, 2.45) is 0 Å². The fourth-order valence-corrected chi connectivity index (χ4v) is 1.79. The highest BCUT2D eigenvalue weighted by Gasteiger charge is 2.06. The van der Waals surface area contributed by atoms with E-state index in [4.69, 9.17) is 15.4 Å². The normalized spacial score (nSPS) is 10.3. The zero-order valence-electron chi connectivity index (χ0n) is 9.92. The van der Waals surface area contributed by atoms with Gasteiger partial charge in [0.25, 0.3) is 6.01 Å². The van der Waals surface area contributed by atoms with Crippen molar-refractivity contribution in [1.82, 2.24) is 4.98 Å². The number of rotatable bonds is 2. The minimum absolute atomic E-state index is 0.371. The van der Waals surface area contributed by atoms with Gasteiger partial charge in [-0.05, 0) is 36.4 Å². The molecule has 2 aromatic carbocycles. The van der Waals surface area contributed by atoms with E-state index in [1.165, 1.54) is 0 Å². The number of nitrogens with one attached hydrogen (secondary N) is 1. The standard InChI is InChI=1S/C14H10N4O/c15-8-9-2-1-3-11(6-9)17-14-18-12-7-10(16)4-5-13(12)19-14/h1-7H,16H2,(H,17,18). The van der Waals surface area contributed by atoms with Crippen LogP contribution in [0.15, 0.2) is 46.9 Å². The number of anilines is 3. The van der Waals surface area contributed by atoms with E-state index in [0.29, 0.717) is 28.4 Å². The molecular weight excluding hydrogens is 240 g/mol. The Morgan fingerprint density at radius 2 is 2.11 bits per heavy atom. The highest BCUT2D eigenvalue weighted by Crippen LogP contribution is 2.23. The van der Waals surface area contributed by atoms with E-state index >= 15 is 0 Å². The zero-order valence-corrected chi connectivity index (χ0v) is 9.92. The summed E-state index contributed by atoms with van der Waals surface area (Å²) in [6, 6.07) is 14.8. The van der Waals surface area contributed by atoms with Crippen LogP contribution in [0.5, 0.6) is 0 Å². The number of fused-ring (bicyclic) bond motifs is 1. The highest BCUT2D eigenvalue weighted by atomic mass is 16.4. The maximum atomic E-state index is 8.84. The molecule has 3 N–H and O–H groups in total. The van der Waals surface area contributed by atoms with E-state index in [0.717, 1.165) is 5.69 Å². The summed E-state index contributed by atoms with van der Waals surface area (Å²) in [5.41, 5.74) is 9.00. The first-order valence-electron chi connectivity index (χ1n) is 5.68. The SMILES string of the molecule is N#Cc1cccc(Nc2nc3cc(N)ccc3o2)c1. The third-order valence-corrected chi connectivity index (χ3v) is 2.65. The van der Waals surface area contributed by atoms with Crippen LogP contribution in [-0.4, -0.2) is 4.98 Å². The van der Waals surface area contributed by atoms with E-state index in [-0.39, 0.29) is 0 Å². The maximum Gasteiger partial charge on any atom is 0.300 e. The monoisotopic (exact) mass is 250 g/mol. The van der Waals surface area contributed by atoms with Crippen molar-refractivity contribution < 1.29 is 4.42 Å². The number of nitrogens with zero attached hydrogens (tertiary/aromatic N) is 2. The van der Waals surface area contributed by atoms with Gasteiger partial charge in [0, 0.05) is 11.4 Å². The molecule has 1 heterocycles. The van der Waals surface area contributed by atoms with Crippen LogP contribution < -0.4 is 11.1 Å². The molecule has 0 saturated heterocycles. The van der Waals surface area contributed by atoms with Crippen LogP contribution in [0.4, 0.5) is 17.4 Å². The minimum Gasteiger partial charge on any atom is -0.423 e. The van der Waals surface area contributed by atoms with Gasteiger partial charge in [0.05, 0.1) is 11.6 Å². The molecule has 5 nitrogen and oxygen atoms in total. The van der Waals surface area contributed by atoms with Crippen molar-refractivity contribution in [3.05, 3.63) is 48.0 Å². The molecule has 0 spiro atoms. The van der Waals surface area contributed by atoms with Crippen molar-refractivity contribution in [2.75, 3.05) is 11.1 Å². The van der Waals surface area contributed by atoms with Gasteiger partial charge in [-0.2, -0.15) is 10.2 Å². The number of oxazole rings is 1. The number of hydrogen-bond acceptors (Lipinski definition) is 5. The fourth-order valence-electron chi connectivity index (χ4n) is 1.79. The third kappa shape index (κ3) is 2.19. The predicted molar refractivity (Wildman–Crippen MR) is 72.9 cm³/mol. The number of nitrogens with two attached hydrogens (primary N) is 1. The lowest BCUT2D eigenvalue weighted by atomic mass is 10.2. The number of nitrogen functional groups attached to an aromatic ring is 1. The van der Waals surface area contributed by atoms with Crippen molar-refractivity contribution >= 4 is 28.5 Å². The van der Waals surface area contributed by atoms with E-state index in [2.05, 4.69) is 16.4 Å². The molecule has 0 radical (unpaired) electrons. The Morgan fingerprint density at radius 3 is 2.95 bits per heavy atom. The van der Waals surface area contributed by atoms with Crippen LogP contribution in [0, 0.1) is 11.3 Å². The first kappa shape index (κ1) is 11.1. The lowest BCUT2D eigenvalue weighted by Gasteiger charge is -2.00. The van der Waals surface area contributed by atoms with Gasteiger partial charge in [0.2, 0.25) is 0 Å². The van der Waals surface area contributed by atoms with Crippen molar-refractivity contribution in [3.63, 3.8) is 0 Å². The molecule has 0 aliphatic carbocycles. The maximum absolute atomic E-state index is 8.84. The average Bonchev–Trinajstić information content (AvgIpc) is 2.80. The second kappa shape index (κ2) is 4.35. The molecule has 0 bridgehead atoms. The molecule has 3 aromatic rings. The van der Waals surface area contributed by atoms with Crippen LogP contribution in [0.2, 0.25) is 0 Å². The lowest BCUT2D eigenvalue weighted by molar-refractivity contribution is 0.623. The second-order valence-electron chi connectivity index (χ2n) is 4.06. The van der Waals surface area contributed by atoms with Gasteiger partial charge in [0.1, 0.15) is 5.52 Å². The zero-order chi connectivity index (χ0) is 13.2. The van der Waals surface area contributed by atoms with Gasteiger partial charge < -0.3 is 15.5 Å². The third-order valence-electron chi connectivity index (χ3n) is 2.65. The van der Waals surface area contributed by atoms with E-state index in [1.807, 2.05) is 6.07 Å². The Hall–Kier alpha value is -3.00. The van der Waals surface area contributed by atoms with Crippen LogP contribution >= 0.6 is 0 Å². The summed E-state index contributed by atoms with van der Waals surface area (Å²) in [4.78, 5) is 4.28. The summed E-state index contributed by atoms with van der Waals surface area (Å²) in [7, 11) is 0. The first-order chi connectivity index (χ1) is 9.24. The molecule has 19 heavy (non-hydrogen) atoms. The number of hydrogen-bond donors (Lipinski definition) is 2. The summed E-state index contributed by atoms with van der Waals surface area (Å²) in [6.45, 7) is 0. The molecule has 1 aromatic heterocycles. The molecule has 0 fully saturated rings. The topological polar surface area (TPSA) is 87.9 Å². The van der Waals surface area contributed by atoms with Crippen molar-refractivity contribution in [1.29, 1.82) is 5.26 Å². The highest BCUT2D eigenvalue weighted by molar-refractivity contribution is 5.78. The quantitative estimate of drug-likeness (QED) is 0.682. The molecule has 5 heteroatoms. The number of aromatic nitrogens is 1. The Labute approximate surface area is 109 Å². The molecule has 0 aliphatic rings. The summed E-state index contributed by atoms with van der Waals surface area (Å²) in [5.74, 6) is 0. The predicted octanol–water partition coefficient (Wildman–Crippen LogP) is 3.03. The van der Waals surface area contributed by atoms with Gasteiger partial charge in [-0.1, -0.05) is 6.07 Å². The van der Waals surface area contributed by atoms with Crippen LogP contribution in [0.3, 0.4) is 0 Å². The largest absolute Gasteiger partial charge is 0.423 e. The molecule has 0 unspecified atom stereocenters. The summed E-state index contributed by atoms with van der Waals surface area (Å²) < 4.78 is 5.54. The van der Waals surface area contributed by atoms with Gasteiger partial charge >= 0.3 is 0 Å². The van der Waals surface area contributed by atoms with Gasteiger partial charge in [0.15, 0.2) is 5.58 Å². The van der Waals surface area contributed by atoms with Crippen molar-refractivity contribution in [3.8, 4) is 6.07 Å². The lowest BCUT2D eigenvalue weighted by Crippen LogP contribution is -1.90. The molecule has 0 atom stereocenters. The molecular formula is C14H10N4O. The van der Waals surface area contributed by atoms with Gasteiger partial charge in [-0.15, -0.1) is 0 Å². The smallest absolute Gasteiger partial charge is 0.300 e. The summed E-state index contributed by atoms with van der Waals surface area (Å²) in [5, 5.41) is 11.9. The second-order valence-corrected chi connectivity index (χ2v) is 4.06. The van der Waals surface area contributed by atoms with E-state index in [1.54, 1.807) is 36.4 Å². The Bertz CT molecular complexity index is 785. The van der Waals surface area contributed by atoms with Gasteiger partial charge in [-0.25, -0.2) is 0 Å². The summed E-state index contributed by atoms with van der Waals surface area (Å²) in [6.07, 6.45) is 0. The number of benzene rings is 2. The summed E-state index contributed by atoms with van der Waals surface area (Å²) >= 11 is 0. The van der Waals surface area contributed by atoms with E-state index in [9.17, 15) is 0 Å². The fraction of sp³-hybridized carbons (Fsp3) is 0. The number of nitriles is 1. The Balaban J connectivity index is 1.94. The van der Waals surface area contributed by atoms with Crippen LogP contribution in [0.1, 0.15) is 5.56 Å². The van der Waals surface area contributed by atoms with Crippen molar-refractivity contribution in [2.45, 2.75) is 0 Å². The van der Waals surface area contributed by atoms with E-state index < -0.39 is 0 Å². The molecule has 0 aliphatic heterocycles. The molecule has 0 saturated carbocycles. The molecule has 3 rings (SSSR count). The molecule has 0 amide bonds. The first-order valence-corrected chi connectivity index (χ1v) is 5.68. The molecule has 92 valence electrons. The minimum atomic E-state index is 0.371. The van der Waals surface area contributed by atoms with Crippen LogP contribution in [-0.2, 0) is 0 Å². The Kier molecular flexibility index (Phi) is 2.54. The van der Waals surface area contributed by atoms with Gasteiger partial charge in [-0.3, -0.25) is 0 Å². The van der Waals surface area contributed by atoms with Crippen LogP contribution in [0.25, 0.3) is 11.1 Å².